The Morgan fingerprint density at radius 2 is 2.00 bits per heavy atom. The summed E-state index contributed by atoms with van der Waals surface area (Å²) in [7, 11) is 2.17. The highest BCUT2D eigenvalue weighted by Gasteiger charge is 2.20. The van der Waals surface area contributed by atoms with Gasteiger partial charge in [-0.25, -0.2) is 0 Å². The summed E-state index contributed by atoms with van der Waals surface area (Å²) in [5, 5.41) is 0. The third-order valence-corrected chi connectivity index (χ3v) is 4.25. The van der Waals surface area contributed by atoms with Crippen molar-refractivity contribution in [2.24, 2.45) is 0 Å². The predicted octanol–water partition coefficient (Wildman–Crippen LogP) is 3.46. The number of likely N-dealkylation sites (tertiary alicyclic amines) is 1. The molecule has 0 bridgehead atoms. The van der Waals surface area contributed by atoms with Crippen molar-refractivity contribution in [1.82, 2.24) is 4.90 Å². The molecule has 3 heteroatoms. The third-order valence-electron chi connectivity index (χ3n) is 3.57. The van der Waals surface area contributed by atoms with Crippen molar-refractivity contribution in [3.8, 4) is 0 Å². The minimum absolute atomic E-state index is 0.126. The van der Waals surface area contributed by atoms with Crippen molar-refractivity contribution < 1.29 is 4.79 Å². The molecule has 1 saturated heterocycles. The largest absolute Gasteiger partial charge is 0.306 e. The molecule has 2 nitrogen and oxygen atoms in total. The van der Waals surface area contributed by atoms with Crippen molar-refractivity contribution in [2.45, 2.75) is 25.7 Å². The van der Waals surface area contributed by atoms with Gasteiger partial charge in [0.15, 0.2) is 5.78 Å². The van der Waals surface area contributed by atoms with Crippen LogP contribution in [0.1, 0.15) is 41.6 Å². The number of hydrogen-bond acceptors (Lipinski definition) is 2. The average Bonchev–Trinajstić information content (AvgIpc) is 2.30. The van der Waals surface area contributed by atoms with E-state index in [9.17, 15) is 4.79 Å². The number of hydrogen-bond donors (Lipinski definition) is 0. The highest BCUT2D eigenvalue weighted by molar-refractivity contribution is 9.10. The van der Waals surface area contributed by atoms with Gasteiger partial charge in [-0.15, -0.1) is 0 Å². The second kappa shape index (κ2) is 5.32. The molecule has 1 aromatic rings. The van der Waals surface area contributed by atoms with Crippen LogP contribution in [0.4, 0.5) is 0 Å². The van der Waals surface area contributed by atoms with E-state index in [1.807, 2.05) is 12.1 Å². The first-order chi connectivity index (χ1) is 8.08. The number of halogens is 1. The van der Waals surface area contributed by atoms with Gasteiger partial charge in [-0.2, -0.15) is 0 Å². The summed E-state index contributed by atoms with van der Waals surface area (Å²) >= 11 is 3.60. The van der Waals surface area contributed by atoms with E-state index in [4.69, 9.17) is 0 Å². The molecule has 0 atom stereocenters. The van der Waals surface area contributed by atoms with Crippen molar-refractivity contribution >= 4 is 21.7 Å². The third kappa shape index (κ3) is 2.96. The first-order valence-electron chi connectivity index (χ1n) is 6.07. The van der Waals surface area contributed by atoms with E-state index in [2.05, 4.69) is 33.9 Å². The van der Waals surface area contributed by atoms with Crippen LogP contribution < -0.4 is 0 Å². The molecule has 1 aliphatic heterocycles. The van der Waals surface area contributed by atoms with Crippen molar-refractivity contribution in [3.63, 3.8) is 0 Å². The molecular formula is C14H18BrNO. The average molecular weight is 296 g/mol. The molecule has 0 saturated carbocycles. The molecule has 0 amide bonds. The van der Waals surface area contributed by atoms with E-state index in [0.717, 1.165) is 23.1 Å². The van der Waals surface area contributed by atoms with Gasteiger partial charge in [0.2, 0.25) is 0 Å². The Morgan fingerprint density at radius 3 is 2.53 bits per heavy atom. The topological polar surface area (TPSA) is 20.3 Å². The molecule has 1 aromatic carbocycles. The number of carbonyl (C=O) groups excluding carboxylic acids is 1. The monoisotopic (exact) mass is 295 g/mol. The Bertz CT molecular complexity index is 422. The maximum atomic E-state index is 11.3. The summed E-state index contributed by atoms with van der Waals surface area (Å²) in [5.41, 5.74) is 2.14. The van der Waals surface area contributed by atoms with Crippen LogP contribution in [0.2, 0.25) is 0 Å². The highest BCUT2D eigenvalue weighted by Crippen LogP contribution is 2.33. The fourth-order valence-corrected chi connectivity index (χ4v) is 3.10. The fourth-order valence-electron chi connectivity index (χ4n) is 2.40. The van der Waals surface area contributed by atoms with Crippen LogP contribution in [0.15, 0.2) is 22.7 Å². The van der Waals surface area contributed by atoms with Gasteiger partial charge in [-0.3, -0.25) is 4.79 Å². The molecule has 0 unspecified atom stereocenters. The van der Waals surface area contributed by atoms with Gasteiger partial charge >= 0.3 is 0 Å². The van der Waals surface area contributed by atoms with E-state index in [-0.39, 0.29) is 5.78 Å². The first kappa shape index (κ1) is 12.8. The van der Waals surface area contributed by atoms with E-state index in [0.29, 0.717) is 5.92 Å². The van der Waals surface area contributed by atoms with Gasteiger partial charge in [-0.1, -0.05) is 28.1 Å². The van der Waals surface area contributed by atoms with E-state index >= 15 is 0 Å². The van der Waals surface area contributed by atoms with Crippen molar-refractivity contribution in [1.29, 1.82) is 0 Å². The molecule has 0 aromatic heterocycles. The molecular weight excluding hydrogens is 278 g/mol. The normalized spacial score (nSPS) is 18.3. The molecule has 1 fully saturated rings. The molecule has 1 aliphatic rings. The van der Waals surface area contributed by atoms with Crippen LogP contribution in [-0.2, 0) is 0 Å². The standard InChI is InChI=1S/C14H18BrNO/c1-10(17)12-3-4-13(14(15)9-12)11-5-7-16(2)8-6-11/h3-4,9,11H,5-8H2,1-2H3. The number of nitrogens with zero attached hydrogens (tertiary/aromatic N) is 1. The fraction of sp³-hybridized carbons (Fsp3) is 0.500. The lowest BCUT2D eigenvalue weighted by molar-refractivity contribution is 0.101. The first-order valence-corrected chi connectivity index (χ1v) is 6.86. The molecule has 0 spiro atoms. The summed E-state index contributed by atoms with van der Waals surface area (Å²) < 4.78 is 1.08. The predicted molar refractivity (Wildman–Crippen MR) is 73.6 cm³/mol. The smallest absolute Gasteiger partial charge is 0.159 e. The number of benzene rings is 1. The van der Waals surface area contributed by atoms with Crippen LogP contribution in [0.25, 0.3) is 0 Å². The summed E-state index contributed by atoms with van der Waals surface area (Å²) in [6.45, 7) is 3.92. The lowest BCUT2D eigenvalue weighted by Crippen LogP contribution is -2.29. The molecule has 0 N–H and O–H groups in total. The maximum absolute atomic E-state index is 11.3. The summed E-state index contributed by atoms with van der Waals surface area (Å²) in [6.07, 6.45) is 2.41. The zero-order valence-electron chi connectivity index (χ0n) is 10.4. The van der Waals surface area contributed by atoms with Crippen LogP contribution in [0.3, 0.4) is 0 Å². The minimum Gasteiger partial charge on any atom is -0.306 e. The summed E-state index contributed by atoms with van der Waals surface area (Å²) in [5.74, 6) is 0.752. The number of ketones is 1. The van der Waals surface area contributed by atoms with E-state index in [1.54, 1.807) is 6.92 Å². The van der Waals surface area contributed by atoms with Crippen LogP contribution >= 0.6 is 15.9 Å². The van der Waals surface area contributed by atoms with Crippen LogP contribution in [-0.4, -0.2) is 30.8 Å². The highest BCUT2D eigenvalue weighted by atomic mass is 79.9. The number of rotatable bonds is 2. The molecule has 2 rings (SSSR count). The summed E-state index contributed by atoms with van der Waals surface area (Å²) in [4.78, 5) is 13.7. The van der Waals surface area contributed by atoms with E-state index in [1.165, 1.54) is 18.4 Å². The molecule has 0 radical (unpaired) electrons. The van der Waals surface area contributed by atoms with Crippen LogP contribution in [0, 0.1) is 0 Å². The zero-order chi connectivity index (χ0) is 12.4. The Morgan fingerprint density at radius 1 is 1.35 bits per heavy atom. The van der Waals surface area contributed by atoms with Gasteiger partial charge in [-0.05, 0) is 57.5 Å². The zero-order valence-corrected chi connectivity index (χ0v) is 12.0. The quantitative estimate of drug-likeness (QED) is 0.779. The molecule has 92 valence electrons. The van der Waals surface area contributed by atoms with Crippen molar-refractivity contribution in [3.05, 3.63) is 33.8 Å². The Kier molecular flexibility index (Phi) is 4.00. The Labute approximate surface area is 111 Å². The number of carbonyl (C=O) groups is 1. The lowest BCUT2D eigenvalue weighted by Gasteiger charge is -2.29. The van der Waals surface area contributed by atoms with Gasteiger partial charge in [0.25, 0.3) is 0 Å². The van der Waals surface area contributed by atoms with Gasteiger partial charge in [0, 0.05) is 10.0 Å². The van der Waals surface area contributed by atoms with E-state index < -0.39 is 0 Å². The minimum atomic E-state index is 0.126. The number of Topliss-reactive ketones (excluding diaryl/α,β-unsaturated/α-hetero) is 1. The molecule has 0 aliphatic carbocycles. The maximum Gasteiger partial charge on any atom is 0.159 e. The van der Waals surface area contributed by atoms with Gasteiger partial charge < -0.3 is 4.90 Å². The SMILES string of the molecule is CC(=O)c1ccc(C2CCN(C)CC2)c(Br)c1. The Balaban J connectivity index is 2.19. The second-order valence-electron chi connectivity index (χ2n) is 4.87. The van der Waals surface area contributed by atoms with Gasteiger partial charge in [0.1, 0.15) is 0 Å². The van der Waals surface area contributed by atoms with Crippen molar-refractivity contribution in [2.75, 3.05) is 20.1 Å². The molecule has 1 heterocycles. The van der Waals surface area contributed by atoms with Gasteiger partial charge in [0.05, 0.1) is 0 Å². The van der Waals surface area contributed by atoms with Crippen LogP contribution in [0.5, 0.6) is 0 Å². The lowest BCUT2D eigenvalue weighted by atomic mass is 9.89. The Hall–Kier alpha value is -0.670. The number of piperidine rings is 1. The second-order valence-corrected chi connectivity index (χ2v) is 5.72. The molecule has 17 heavy (non-hydrogen) atoms. The summed E-state index contributed by atoms with van der Waals surface area (Å²) in [6, 6.07) is 6.01.